The highest BCUT2D eigenvalue weighted by molar-refractivity contribution is 7.13. The fourth-order valence-electron chi connectivity index (χ4n) is 3.07. The average molecular weight is 463 g/mol. The SMILES string of the molecule is COc1ccc(NC(=O)c2ccc(NC(=O)CCCc3nc(-c4cccs4)no3)cc2)cc1. The first-order valence-electron chi connectivity index (χ1n) is 10.3. The van der Waals surface area contributed by atoms with Crippen LogP contribution in [-0.4, -0.2) is 29.1 Å². The maximum Gasteiger partial charge on any atom is 0.255 e. The number of rotatable bonds is 9. The van der Waals surface area contributed by atoms with E-state index in [-0.39, 0.29) is 11.8 Å². The predicted molar refractivity (Wildman–Crippen MR) is 127 cm³/mol. The summed E-state index contributed by atoms with van der Waals surface area (Å²) in [5.74, 6) is 1.44. The van der Waals surface area contributed by atoms with Gasteiger partial charge in [0.05, 0.1) is 12.0 Å². The number of hydrogen-bond donors (Lipinski definition) is 2. The molecule has 8 nitrogen and oxygen atoms in total. The minimum Gasteiger partial charge on any atom is -0.497 e. The van der Waals surface area contributed by atoms with E-state index < -0.39 is 0 Å². The third kappa shape index (κ3) is 6.05. The van der Waals surface area contributed by atoms with Gasteiger partial charge in [-0.05, 0) is 66.4 Å². The molecule has 2 aromatic heterocycles. The van der Waals surface area contributed by atoms with Crippen LogP contribution >= 0.6 is 11.3 Å². The van der Waals surface area contributed by atoms with Gasteiger partial charge in [0.1, 0.15) is 5.75 Å². The highest BCUT2D eigenvalue weighted by Gasteiger charge is 2.11. The van der Waals surface area contributed by atoms with Crippen LogP contribution < -0.4 is 15.4 Å². The van der Waals surface area contributed by atoms with Gasteiger partial charge in [0, 0.05) is 29.8 Å². The number of aryl methyl sites for hydroxylation is 1. The predicted octanol–water partition coefficient (Wildman–Crippen LogP) is 5.02. The number of nitrogens with zero attached hydrogens (tertiary/aromatic N) is 2. The molecule has 0 aliphatic rings. The van der Waals surface area contributed by atoms with E-state index in [0.717, 1.165) is 4.88 Å². The number of nitrogens with one attached hydrogen (secondary N) is 2. The van der Waals surface area contributed by atoms with E-state index in [1.54, 1.807) is 67.0 Å². The number of amides is 2. The van der Waals surface area contributed by atoms with Gasteiger partial charge in [0.25, 0.3) is 5.91 Å². The second-order valence-corrected chi connectivity index (χ2v) is 8.10. The first-order chi connectivity index (χ1) is 16.1. The molecule has 2 aromatic carbocycles. The maximum absolute atomic E-state index is 12.4. The molecule has 33 heavy (non-hydrogen) atoms. The lowest BCUT2D eigenvalue weighted by Gasteiger charge is -2.08. The monoisotopic (exact) mass is 462 g/mol. The molecule has 0 aliphatic carbocycles. The first-order valence-corrected chi connectivity index (χ1v) is 11.2. The molecule has 168 valence electrons. The van der Waals surface area contributed by atoms with Crippen LogP contribution in [0, 0.1) is 0 Å². The van der Waals surface area contributed by atoms with Crippen molar-refractivity contribution in [1.29, 1.82) is 0 Å². The van der Waals surface area contributed by atoms with Gasteiger partial charge in [0.15, 0.2) is 0 Å². The van der Waals surface area contributed by atoms with Crippen molar-refractivity contribution in [3.05, 3.63) is 77.5 Å². The van der Waals surface area contributed by atoms with E-state index in [4.69, 9.17) is 9.26 Å². The lowest BCUT2D eigenvalue weighted by Crippen LogP contribution is -2.13. The Labute approximate surface area is 194 Å². The molecular formula is C24H22N4O4S. The number of benzene rings is 2. The van der Waals surface area contributed by atoms with Crippen molar-refractivity contribution in [2.45, 2.75) is 19.3 Å². The Kier molecular flexibility index (Phi) is 7.11. The van der Waals surface area contributed by atoms with Gasteiger partial charge in [0.2, 0.25) is 17.6 Å². The minimum atomic E-state index is -0.237. The number of anilines is 2. The summed E-state index contributed by atoms with van der Waals surface area (Å²) < 4.78 is 10.4. The number of aromatic nitrogens is 2. The van der Waals surface area contributed by atoms with E-state index in [0.29, 0.717) is 53.7 Å². The molecule has 4 aromatic rings. The Morgan fingerprint density at radius 3 is 2.42 bits per heavy atom. The van der Waals surface area contributed by atoms with Crippen molar-refractivity contribution < 1.29 is 18.8 Å². The minimum absolute atomic E-state index is 0.122. The van der Waals surface area contributed by atoms with Gasteiger partial charge in [-0.3, -0.25) is 9.59 Å². The molecule has 0 aliphatic heterocycles. The van der Waals surface area contributed by atoms with Crippen molar-refractivity contribution in [1.82, 2.24) is 10.1 Å². The number of carbonyl (C=O) groups excluding carboxylic acids is 2. The van der Waals surface area contributed by atoms with Crippen LogP contribution in [0.1, 0.15) is 29.1 Å². The maximum atomic E-state index is 12.4. The van der Waals surface area contributed by atoms with Crippen LogP contribution in [0.15, 0.2) is 70.6 Å². The van der Waals surface area contributed by atoms with E-state index >= 15 is 0 Å². The molecule has 4 rings (SSSR count). The number of ether oxygens (including phenoxy) is 1. The highest BCUT2D eigenvalue weighted by atomic mass is 32.1. The van der Waals surface area contributed by atoms with Crippen molar-refractivity contribution >= 4 is 34.5 Å². The molecule has 9 heteroatoms. The number of thiophene rings is 1. The van der Waals surface area contributed by atoms with Crippen LogP contribution in [0.25, 0.3) is 10.7 Å². The zero-order chi connectivity index (χ0) is 23.0. The summed E-state index contributed by atoms with van der Waals surface area (Å²) in [6, 6.07) is 17.7. The Hall–Kier alpha value is -3.98. The summed E-state index contributed by atoms with van der Waals surface area (Å²) in [7, 11) is 1.59. The number of methoxy groups -OCH3 is 1. The van der Waals surface area contributed by atoms with E-state index in [2.05, 4.69) is 20.8 Å². The van der Waals surface area contributed by atoms with Crippen LogP contribution in [0.3, 0.4) is 0 Å². The lowest BCUT2D eigenvalue weighted by atomic mass is 10.1. The summed E-state index contributed by atoms with van der Waals surface area (Å²) in [5.41, 5.74) is 1.78. The average Bonchev–Trinajstić information content (AvgIpc) is 3.52. The molecule has 0 unspecified atom stereocenters. The zero-order valence-corrected chi connectivity index (χ0v) is 18.7. The van der Waals surface area contributed by atoms with Gasteiger partial charge in [-0.2, -0.15) is 4.98 Å². The Morgan fingerprint density at radius 1 is 1.00 bits per heavy atom. The molecule has 2 amide bonds. The topological polar surface area (TPSA) is 106 Å². The van der Waals surface area contributed by atoms with Crippen molar-refractivity contribution in [2.24, 2.45) is 0 Å². The normalized spacial score (nSPS) is 10.6. The standard InChI is InChI=1S/C24H22N4O4S/c1-31-19-13-11-18(12-14-19)26-24(30)16-7-9-17(10-8-16)25-21(29)5-2-6-22-27-23(28-32-22)20-4-3-15-33-20/h3-4,7-15H,2,5-6H2,1H3,(H,25,29)(H,26,30). The van der Waals surface area contributed by atoms with Crippen LogP contribution in [-0.2, 0) is 11.2 Å². The van der Waals surface area contributed by atoms with Crippen molar-refractivity contribution in [2.75, 3.05) is 17.7 Å². The van der Waals surface area contributed by atoms with Gasteiger partial charge in [-0.25, -0.2) is 0 Å². The molecule has 0 atom stereocenters. The number of carbonyl (C=O) groups is 2. The molecular weight excluding hydrogens is 440 g/mol. The molecule has 0 bridgehead atoms. The second kappa shape index (κ2) is 10.6. The highest BCUT2D eigenvalue weighted by Crippen LogP contribution is 2.22. The van der Waals surface area contributed by atoms with E-state index in [9.17, 15) is 9.59 Å². The van der Waals surface area contributed by atoms with Crippen molar-refractivity contribution in [3.8, 4) is 16.5 Å². The Morgan fingerprint density at radius 2 is 1.73 bits per heavy atom. The molecule has 0 saturated heterocycles. The summed E-state index contributed by atoms with van der Waals surface area (Å²) in [6.45, 7) is 0. The molecule has 0 saturated carbocycles. The van der Waals surface area contributed by atoms with Gasteiger partial charge >= 0.3 is 0 Å². The largest absolute Gasteiger partial charge is 0.497 e. The van der Waals surface area contributed by atoms with E-state index in [1.165, 1.54) is 0 Å². The third-order valence-corrected chi connectivity index (χ3v) is 5.65. The number of hydrogen-bond acceptors (Lipinski definition) is 7. The van der Waals surface area contributed by atoms with Gasteiger partial charge in [-0.15, -0.1) is 11.3 Å². The fourth-order valence-corrected chi connectivity index (χ4v) is 3.72. The van der Waals surface area contributed by atoms with Gasteiger partial charge in [-0.1, -0.05) is 11.2 Å². The first kappa shape index (κ1) is 22.2. The third-order valence-electron chi connectivity index (χ3n) is 4.78. The smallest absolute Gasteiger partial charge is 0.255 e. The fraction of sp³-hybridized carbons (Fsp3) is 0.167. The Balaban J connectivity index is 1.22. The zero-order valence-electron chi connectivity index (χ0n) is 17.9. The lowest BCUT2D eigenvalue weighted by molar-refractivity contribution is -0.116. The molecule has 2 heterocycles. The van der Waals surface area contributed by atoms with Crippen LogP contribution in [0.2, 0.25) is 0 Å². The van der Waals surface area contributed by atoms with Crippen LogP contribution in [0.4, 0.5) is 11.4 Å². The summed E-state index contributed by atoms with van der Waals surface area (Å²) in [4.78, 5) is 30.0. The Bertz CT molecular complexity index is 1200. The molecule has 0 fully saturated rings. The molecule has 0 radical (unpaired) electrons. The summed E-state index contributed by atoms with van der Waals surface area (Å²) >= 11 is 1.54. The summed E-state index contributed by atoms with van der Waals surface area (Å²) in [5, 5.41) is 11.6. The van der Waals surface area contributed by atoms with Crippen molar-refractivity contribution in [3.63, 3.8) is 0 Å². The molecule has 2 N–H and O–H groups in total. The van der Waals surface area contributed by atoms with E-state index in [1.807, 2.05) is 17.5 Å². The quantitative estimate of drug-likeness (QED) is 0.362. The van der Waals surface area contributed by atoms with Crippen LogP contribution in [0.5, 0.6) is 5.75 Å². The summed E-state index contributed by atoms with van der Waals surface area (Å²) in [6.07, 6.45) is 1.42. The second-order valence-electron chi connectivity index (χ2n) is 7.15. The van der Waals surface area contributed by atoms with Gasteiger partial charge < -0.3 is 19.9 Å². The molecule has 0 spiro atoms.